The van der Waals surface area contributed by atoms with Gasteiger partial charge in [0.05, 0.1) is 0 Å². The molecule has 82 valence electrons. The van der Waals surface area contributed by atoms with Gasteiger partial charge in [-0.25, -0.2) is 0 Å². The molecule has 15 heavy (non-hydrogen) atoms. The minimum atomic E-state index is 0.409. The zero-order valence-electron chi connectivity index (χ0n) is 9.66. The molecule has 0 spiro atoms. The Balaban J connectivity index is 2.15. The number of hydrogen-bond acceptors (Lipinski definition) is 2. The summed E-state index contributed by atoms with van der Waals surface area (Å²) in [5, 5.41) is 0. The lowest BCUT2D eigenvalue weighted by molar-refractivity contribution is 0.501. The molecule has 1 aliphatic rings. The van der Waals surface area contributed by atoms with Gasteiger partial charge in [0.2, 0.25) is 0 Å². The van der Waals surface area contributed by atoms with Gasteiger partial charge in [-0.1, -0.05) is 17.7 Å². The van der Waals surface area contributed by atoms with E-state index in [0.717, 1.165) is 25.9 Å². The molecule has 0 amide bonds. The van der Waals surface area contributed by atoms with E-state index in [4.69, 9.17) is 5.73 Å². The quantitative estimate of drug-likeness (QED) is 0.760. The van der Waals surface area contributed by atoms with Crippen molar-refractivity contribution in [1.29, 1.82) is 0 Å². The van der Waals surface area contributed by atoms with Crippen molar-refractivity contribution in [2.24, 2.45) is 5.73 Å². The fraction of sp³-hybridized carbons (Fsp3) is 0.538. The summed E-state index contributed by atoms with van der Waals surface area (Å²) in [5.41, 5.74) is 10.0. The van der Waals surface area contributed by atoms with Crippen molar-refractivity contribution in [2.75, 3.05) is 18.0 Å². The summed E-state index contributed by atoms with van der Waals surface area (Å²) < 4.78 is 0. The van der Waals surface area contributed by atoms with Crippen molar-refractivity contribution in [2.45, 2.75) is 32.7 Å². The van der Waals surface area contributed by atoms with E-state index < -0.39 is 0 Å². The number of nitrogens with zero attached hydrogens (tertiary/aromatic N) is 1. The fourth-order valence-corrected chi connectivity index (χ4v) is 2.30. The van der Waals surface area contributed by atoms with Crippen LogP contribution in [0.2, 0.25) is 0 Å². The Morgan fingerprint density at radius 3 is 2.47 bits per heavy atom. The van der Waals surface area contributed by atoms with Crippen LogP contribution in [0.5, 0.6) is 0 Å². The summed E-state index contributed by atoms with van der Waals surface area (Å²) in [6.45, 7) is 6.54. The van der Waals surface area contributed by atoms with Gasteiger partial charge >= 0.3 is 0 Å². The zero-order chi connectivity index (χ0) is 10.8. The number of benzene rings is 1. The van der Waals surface area contributed by atoms with E-state index in [-0.39, 0.29) is 0 Å². The molecule has 2 rings (SSSR count). The first kappa shape index (κ1) is 10.5. The number of hydrogen-bond donors (Lipinski definition) is 1. The Labute approximate surface area is 92.1 Å². The molecule has 2 nitrogen and oxygen atoms in total. The van der Waals surface area contributed by atoms with Gasteiger partial charge in [0.1, 0.15) is 0 Å². The van der Waals surface area contributed by atoms with E-state index in [1.807, 2.05) is 0 Å². The lowest BCUT2D eigenvalue weighted by Gasteiger charge is -2.33. The maximum absolute atomic E-state index is 5.91. The Morgan fingerprint density at radius 1 is 1.20 bits per heavy atom. The molecule has 1 aromatic rings. The van der Waals surface area contributed by atoms with Crippen LogP contribution in [0.3, 0.4) is 0 Å². The normalized spacial score (nSPS) is 18.2. The second-order valence-corrected chi connectivity index (χ2v) is 4.61. The molecular formula is C13H20N2. The molecule has 1 heterocycles. The second-order valence-electron chi connectivity index (χ2n) is 4.61. The zero-order valence-corrected chi connectivity index (χ0v) is 9.66. The minimum absolute atomic E-state index is 0.409. The second kappa shape index (κ2) is 4.23. The molecule has 1 aliphatic heterocycles. The molecule has 0 atom stereocenters. The molecule has 1 aromatic carbocycles. The average Bonchev–Trinajstić information content (AvgIpc) is 2.20. The van der Waals surface area contributed by atoms with Gasteiger partial charge in [-0.05, 0) is 38.3 Å². The summed E-state index contributed by atoms with van der Waals surface area (Å²) >= 11 is 0. The highest BCUT2D eigenvalue weighted by molar-refractivity contribution is 5.54. The highest BCUT2D eigenvalue weighted by atomic mass is 15.1. The minimum Gasteiger partial charge on any atom is -0.371 e. The van der Waals surface area contributed by atoms with Crippen LogP contribution in [0.1, 0.15) is 24.0 Å². The van der Waals surface area contributed by atoms with Gasteiger partial charge < -0.3 is 10.6 Å². The van der Waals surface area contributed by atoms with E-state index in [0.29, 0.717) is 6.04 Å². The molecule has 2 heteroatoms. The van der Waals surface area contributed by atoms with Gasteiger partial charge in [-0.2, -0.15) is 0 Å². The van der Waals surface area contributed by atoms with Crippen LogP contribution >= 0.6 is 0 Å². The Bertz CT molecular complexity index is 338. The standard InChI is InChI=1S/C13H20N2/c1-10-3-4-13(11(2)9-10)15-7-5-12(14)6-8-15/h3-4,9,12H,5-8,14H2,1-2H3. The van der Waals surface area contributed by atoms with E-state index in [1.165, 1.54) is 16.8 Å². The summed E-state index contributed by atoms with van der Waals surface area (Å²) in [5.74, 6) is 0. The van der Waals surface area contributed by atoms with Crippen LogP contribution in [-0.4, -0.2) is 19.1 Å². The number of nitrogens with two attached hydrogens (primary N) is 1. The van der Waals surface area contributed by atoms with Crippen molar-refractivity contribution in [3.8, 4) is 0 Å². The van der Waals surface area contributed by atoms with E-state index in [2.05, 4.69) is 36.9 Å². The highest BCUT2D eigenvalue weighted by Crippen LogP contribution is 2.24. The smallest absolute Gasteiger partial charge is 0.0396 e. The predicted octanol–water partition coefficient (Wildman–Crippen LogP) is 2.23. The van der Waals surface area contributed by atoms with Crippen LogP contribution in [-0.2, 0) is 0 Å². The van der Waals surface area contributed by atoms with Gasteiger partial charge in [0.15, 0.2) is 0 Å². The molecule has 2 N–H and O–H groups in total. The third-order valence-corrected chi connectivity index (χ3v) is 3.23. The number of rotatable bonds is 1. The molecule has 0 saturated carbocycles. The maximum Gasteiger partial charge on any atom is 0.0396 e. The van der Waals surface area contributed by atoms with Crippen LogP contribution in [0.4, 0.5) is 5.69 Å². The fourth-order valence-electron chi connectivity index (χ4n) is 2.30. The van der Waals surface area contributed by atoms with Gasteiger partial charge in [0.25, 0.3) is 0 Å². The van der Waals surface area contributed by atoms with Crippen LogP contribution in [0, 0.1) is 13.8 Å². The van der Waals surface area contributed by atoms with E-state index in [9.17, 15) is 0 Å². The first-order chi connectivity index (χ1) is 7.16. The van der Waals surface area contributed by atoms with Crippen LogP contribution in [0.15, 0.2) is 18.2 Å². The van der Waals surface area contributed by atoms with Gasteiger partial charge in [-0.3, -0.25) is 0 Å². The Kier molecular flexibility index (Phi) is 2.96. The van der Waals surface area contributed by atoms with Crippen LogP contribution < -0.4 is 10.6 Å². The number of anilines is 1. The lowest BCUT2D eigenvalue weighted by atomic mass is 10.0. The first-order valence-electron chi connectivity index (χ1n) is 5.74. The van der Waals surface area contributed by atoms with Gasteiger partial charge in [-0.15, -0.1) is 0 Å². The molecule has 0 bridgehead atoms. The average molecular weight is 204 g/mol. The van der Waals surface area contributed by atoms with Crippen molar-refractivity contribution in [3.05, 3.63) is 29.3 Å². The van der Waals surface area contributed by atoms with E-state index >= 15 is 0 Å². The summed E-state index contributed by atoms with van der Waals surface area (Å²) in [4.78, 5) is 2.46. The predicted molar refractivity (Wildman–Crippen MR) is 65.3 cm³/mol. The molecule has 1 fully saturated rings. The summed E-state index contributed by atoms with van der Waals surface area (Å²) in [6, 6.07) is 7.09. The molecule has 0 aromatic heterocycles. The summed E-state index contributed by atoms with van der Waals surface area (Å²) in [7, 11) is 0. The van der Waals surface area contributed by atoms with Crippen molar-refractivity contribution < 1.29 is 0 Å². The van der Waals surface area contributed by atoms with Crippen LogP contribution in [0.25, 0.3) is 0 Å². The molecule has 1 saturated heterocycles. The molecule has 0 unspecified atom stereocenters. The lowest BCUT2D eigenvalue weighted by Crippen LogP contribution is -2.39. The Hall–Kier alpha value is -1.02. The Morgan fingerprint density at radius 2 is 1.87 bits per heavy atom. The topological polar surface area (TPSA) is 29.3 Å². The van der Waals surface area contributed by atoms with Crippen molar-refractivity contribution in [3.63, 3.8) is 0 Å². The maximum atomic E-state index is 5.91. The monoisotopic (exact) mass is 204 g/mol. The number of aryl methyl sites for hydroxylation is 2. The van der Waals surface area contributed by atoms with Crippen molar-refractivity contribution >= 4 is 5.69 Å². The van der Waals surface area contributed by atoms with E-state index in [1.54, 1.807) is 0 Å². The van der Waals surface area contributed by atoms with Crippen molar-refractivity contribution in [1.82, 2.24) is 0 Å². The molecular weight excluding hydrogens is 184 g/mol. The first-order valence-corrected chi connectivity index (χ1v) is 5.74. The third kappa shape index (κ3) is 2.32. The van der Waals surface area contributed by atoms with Gasteiger partial charge in [0, 0.05) is 24.8 Å². The molecule has 0 radical (unpaired) electrons. The molecule has 0 aliphatic carbocycles. The highest BCUT2D eigenvalue weighted by Gasteiger charge is 2.17. The largest absolute Gasteiger partial charge is 0.371 e. The SMILES string of the molecule is Cc1ccc(N2CCC(N)CC2)c(C)c1. The third-order valence-electron chi connectivity index (χ3n) is 3.23. The summed E-state index contributed by atoms with van der Waals surface area (Å²) in [6.07, 6.45) is 2.24. The number of piperidine rings is 1.